The van der Waals surface area contributed by atoms with Crippen LogP contribution in [-0.2, 0) is 0 Å². The van der Waals surface area contributed by atoms with Crippen LogP contribution in [0.2, 0.25) is 0 Å². The minimum absolute atomic E-state index is 0.268. The second-order valence-electron chi connectivity index (χ2n) is 5.32. The average molecular weight is 245 g/mol. The number of nitrogen functional groups attached to an aromatic ring is 1. The maximum atomic E-state index is 6.13. The Morgan fingerprint density at radius 2 is 2.06 bits per heavy atom. The molecular weight excluding hydrogens is 226 g/mol. The summed E-state index contributed by atoms with van der Waals surface area (Å²) in [5.41, 5.74) is 8.88. The summed E-state index contributed by atoms with van der Waals surface area (Å²) >= 11 is 0. The molecule has 2 aromatic heterocycles. The first-order chi connectivity index (χ1) is 8.58. The summed E-state index contributed by atoms with van der Waals surface area (Å²) in [6, 6.07) is 2.36. The van der Waals surface area contributed by atoms with Crippen molar-refractivity contribution in [1.82, 2.24) is 19.6 Å². The minimum atomic E-state index is 0.268. The van der Waals surface area contributed by atoms with E-state index in [1.54, 1.807) is 0 Å². The molecule has 1 aliphatic rings. The van der Waals surface area contributed by atoms with Crippen molar-refractivity contribution in [3.63, 3.8) is 0 Å². The fraction of sp³-hybridized carbons (Fsp3) is 0.538. The van der Waals surface area contributed by atoms with Crippen LogP contribution in [0.5, 0.6) is 0 Å². The summed E-state index contributed by atoms with van der Waals surface area (Å²) in [4.78, 5) is 0. The van der Waals surface area contributed by atoms with Crippen molar-refractivity contribution in [2.24, 2.45) is 0 Å². The zero-order valence-corrected chi connectivity index (χ0v) is 11.1. The van der Waals surface area contributed by atoms with Gasteiger partial charge in [0.05, 0.1) is 17.1 Å². The summed E-state index contributed by atoms with van der Waals surface area (Å²) in [5, 5.41) is 9.12. The van der Waals surface area contributed by atoms with Crippen LogP contribution in [0.3, 0.4) is 0 Å². The third-order valence-corrected chi connectivity index (χ3v) is 3.42. The number of anilines is 1. The van der Waals surface area contributed by atoms with Crippen LogP contribution in [0.1, 0.15) is 50.0 Å². The van der Waals surface area contributed by atoms with E-state index in [2.05, 4.69) is 30.1 Å². The van der Waals surface area contributed by atoms with Crippen molar-refractivity contribution in [1.29, 1.82) is 0 Å². The van der Waals surface area contributed by atoms with Crippen LogP contribution in [0, 0.1) is 6.92 Å². The smallest absolute Gasteiger partial charge is 0.175 e. The lowest BCUT2D eigenvalue weighted by molar-refractivity contribution is 0.511. The number of nitrogens with zero attached hydrogens (tertiary/aromatic N) is 4. The molecule has 5 heteroatoms. The highest BCUT2D eigenvalue weighted by Gasteiger charge is 2.27. The number of nitrogens with two attached hydrogens (primary N) is 1. The van der Waals surface area contributed by atoms with Crippen molar-refractivity contribution >= 4 is 5.69 Å². The molecule has 1 saturated carbocycles. The van der Waals surface area contributed by atoms with Gasteiger partial charge in [-0.1, -0.05) is 0 Å². The Morgan fingerprint density at radius 1 is 1.33 bits per heavy atom. The molecule has 0 atom stereocenters. The maximum absolute atomic E-state index is 6.13. The van der Waals surface area contributed by atoms with E-state index in [4.69, 9.17) is 5.73 Å². The van der Waals surface area contributed by atoms with E-state index in [1.807, 2.05) is 22.5 Å². The van der Waals surface area contributed by atoms with E-state index in [9.17, 15) is 0 Å². The first kappa shape index (κ1) is 11.3. The Kier molecular flexibility index (Phi) is 2.43. The third-order valence-electron chi connectivity index (χ3n) is 3.42. The van der Waals surface area contributed by atoms with E-state index in [1.165, 1.54) is 18.5 Å². The second kappa shape index (κ2) is 3.86. The highest BCUT2D eigenvalue weighted by atomic mass is 15.4. The Bertz CT molecular complexity index is 574. The van der Waals surface area contributed by atoms with E-state index in [0.717, 1.165) is 11.5 Å². The molecule has 0 unspecified atom stereocenters. The van der Waals surface area contributed by atoms with Crippen molar-refractivity contribution in [2.75, 3.05) is 5.73 Å². The van der Waals surface area contributed by atoms with Gasteiger partial charge in [-0.2, -0.15) is 10.2 Å². The molecule has 2 N–H and O–H groups in total. The second-order valence-corrected chi connectivity index (χ2v) is 5.32. The number of aromatic nitrogens is 4. The van der Waals surface area contributed by atoms with Crippen LogP contribution in [0.25, 0.3) is 5.82 Å². The fourth-order valence-electron chi connectivity index (χ4n) is 2.19. The predicted octanol–water partition coefficient (Wildman–Crippen LogP) is 2.42. The Morgan fingerprint density at radius 3 is 2.67 bits per heavy atom. The van der Waals surface area contributed by atoms with Gasteiger partial charge in [-0.05, 0) is 39.7 Å². The average Bonchev–Trinajstić information content (AvgIpc) is 2.99. The molecule has 1 aliphatic carbocycles. The van der Waals surface area contributed by atoms with Crippen molar-refractivity contribution < 1.29 is 0 Å². The highest BCUT2D eigenvalue weighted by molar-refractivity contribution is 5.57. The van der Waals surface area contributed by atoms with Gasteiger partial charge in [0.2, 0.25) is 0 Å². The summed E-state index contributed by atoms with van der Waals surface area (Å²) in [5.74, 6) is 1.54. The summed E-state index contributed by atoms with van der Waals surface area (Å²) in [6.07, 6.45) is 4.50. The normalized spacial score (nSPS) is 15.6. The molecule has 0 bridgehead atoms. The molecule has 5 nitrogen and oxygen atoms in total. The lowest BCUT2D eigenvalue weighted by Gasteiger charge is -2.11. The van der Waals surface area contributed by atoms with Crippen molar-refractivity contribution in [2.45, 2.75) is 45.6 Å². The minimum Gasteiger partial charge on any atom is -0.394 e. The molecular formula is C13H19N5. The van der Waals surface area contributed by atoms with E-state index in [-0.39, 0.29) is 6.04 Å². The largest absolute Gasteiger partial charge is 0.394 e. The topological polar surface area (TPSA) is 61.7 Å². The predicted molar refractivity (Wildman–Crippen MR) is 70.9 cm³/mol. The fourth-order valence-corrected chi connectivity index (χ4v) is 2.19. The quantitative estimate of drug-likeness (QED) is 0.903. The SMILES string of the molecule is Cc1nn(C(C)C)c(-n2ccc(C3CC3)n2)c1N. The number of aryl methyl sites for hydroxylation is 1. The first-order valence-corrected chi connectivity index (χ1v) is 6.48. The molecule has 2 heterocycles. The van der Waals surface area contributed by atoms with Crippen LogP contribution in [-0.4, -0.2) is 19.6 Å². The molecule has 96 valence electrons. The van der Waals surface area contributed by atoms with Crippen LogP contribution in [0.15, 0.2) is 12.3 Å². The lowest BCUT2D eigenvalue weighted by atomic mass is 10.3. The molecule has 0 aromatic carbocycles. The molecule has 0 radical (unpaired) electrons. The van der Waals surface area contributed by atoms with Crippen LogP contribution < -0.4 is 5.73 Å². The van der Waals surface area contributed by atoms with Gasteiger partial charge >= 0.3 is 0 Å². The molecule has 1 fully saturated rings. The van der Waals surface area contributed by atoms with Gasteiger partial charge in [0.15, 0.2) is 5.82 Å². The Hall–Kier alpha value is -1.78. The first-order valence-electron chi connectivity index (χ1n) is 6.48. The van der Waals surface area contributed by atoms with Crippen LogP contribution >= 0.6 is 0 Å². The molecule has 2 aromatic rings. The molecule has 3 rings (SSSR count). The van der Waals surface area contributed by atoms with Gasteiger partial charge in [-0.3, -0.25) is 0 Å². The summed E-state index contributed by atoms with van der Waals surface area (Å²) in [7, 11) is 0. The van der Waals surface area contributed by atoms with Gasteiger partial charge in [0.25, 0.3) is 0 Å². The van der Waals surface area contributed by atoms with Gasteiger partial charge < -0.3 is 5.73 Å². The number of rotatable bonds is 3. The Balaban J connectivity index is 2.08. The molecule has 0 aliphatic heterocycles. The molecule has 0 spiro atoms. The van der Waals surface area contributed by atoms with E-state index >= 15 is 0 Å². The van der Waals surface area contributed by atoms with E-state index < -0.39 is 0 Å². The summed E-state index contributed by atoms with van der Waals surface area (Å²) < 4.78 is 3.80. The van der Waals surface area contributed by atoms with Gasteiger partial charge in [0, 0.05) is 18.2 Å². The zero-order valence-electron chi connectivity index (χ0n) is 11.1. The highest BCUT2D eigenvalue weighted by Crippen LogP contribution is 2.39. The van der Waals surface area contributed by atoms with Gasteiger partial charge in [-0.25, -0.2) is 9.36 Å². The van der Waals surface area contributed by atoms with E-state index in [0.29, 0.717) is 11.6 Å². The van der Waals surface area contributed by atoms with Gasteiger partial charge in [-0.15, -0.1) is 0 Å². The standard InChI is InChI=1S/C13H19N5/c1-8(2)18-13(12(14)9(3)15-18)17-7-6-11(16-17)10-4-5-10/h6-8,10H,4-5,14H2,1-3H3. The lowest BCUT2D eigenvalue weighted by Crippen LogP contribution is -2.11. The van der Waals surface area contributed by atoms with Gasteiger partial charge in [0.1, 0.15) is 0 Å². The van der Waals surface area contributed by atoms with Crippen molar-refractivity contribution in [3.8, 4) is 5.82 Å². The third kappa shape index (κ3) is 1.70. The molecule has 18 heavy (non-hydrogen) atoms. The van der Waals surface area contributed by atoms with Crippen LogP contribution in [0.4, 0.5) is 5.69 Å². The maximum Gasteiger partial charge on any atom is 0.175 e. The summed E-state index contributed by atoms with van der Waals surface area (Å²) in [6.45, 7) is 6.13. The molecule has 0 saturated heterocycles. The number of hydrogen-bond donors (Lipinski definition) is 1. The number of hydrogen-bond acceptors (Lipinski definition) is 3. The molecule has 0 amide bonds. The Labute approximate surface area is 107 Å². The monoisotopic (exact) mass is 245 g/mol. The van der Waals surface area contributed by atoms with Crippen molar-refractivity contribution in [3.05, 3.63) is 23.7 Å². The zero-order chi connectivity index (χ0) is 12.9.